The molecule has 0 saturated carbocycles. The van der Waals surface area contributed by atoms with E-state index in [9.17, 15) is 9.59 Å². The van der Waals surface area contributed by atoms with Gasteiger partial charge in [0.1, 0.15) is 0 Å². The van der Waals surface area contributed by atoms with Gasteiger partial charge in [0, 0.05) is 48.7 Å². The van der Waals surface area contributed by atoms with Crippen LogP contribution in [0.1, 0.15) is 19.3 Å². The number of likely N-dealkylation sites (tertiary alicyclic amines) is 1. The van der Waals surface area contributed by atoms with Crippen molar-refractivity contribution in [1.29, 1.82) is 0 Å². The number of pyridine rings is 1. The van der Waals surface area contributed by atoms with E-state index >= 15 is 0 Å². The third kappa shape index (κ3) is 4.93. The van der Waals surface area contributed by atoms with Gasteiger partial charge < -0.3 is 9.80 Å². The van der Waals surface area contributed by atoms with Crippen molar-refractivity contribution in [3.8, 4) is 0 Å². The summed E-state index contributed by atoms with van der Waals surface area (Å²) in [6.07, 6.45) is 4.12. The van der Waals surface area contributed by atoms with E-state index in [2.05, 4.69) is 4.98 Å². The number of carbonyl (C=O) groups excluding carboxylic acids is 2. The number of halogens is 1. The molecule has 3 heterocycles. The van der Waals surface area contributed by atoms with E-state index in [1.807, 2.05) is 41.4 Å². The summed E-state index contributed by atoms with van der Waals surface area (Å²) < 4.78 is 0. The van der Waals surface area contributed by atoms with Crippen molar-refractivity contribution in [2.24, 2.45) is 11.8 Å². The van der Waals surface area contributed by atoms with Gasteiger partial charge in [-0.25, -0.2) is 4.98 Å². The molecule has 5 nitrogen and oxygen atoms in total. The van der Waals surface area contributed by atoms with E-state index in [4.69, 9.17) is 11.6 Å². The molecular weight excluding hydrogens is 406 g/mol. The maximum atomic E-state index is 13.0. The largest absolute Gasteiger partial charge is 0.342 e. The molecule has 1 aromatic heterocycles. The predicted octanol–water partition coefficient (Wildman–Crippen LogP) is 4.12. The summed E-state index contributed by atoms with van der Waals surface area (Å²) in [6, 6.07) is 13.2. The molecule has 1 aromatic carbocycles. The van der Waals surface area contributed by atoms with Crippen LogP contribution in [0.4, 0.5) is 5.69 Å². The Bertz CT molecular complexity index is 854. The number of hydrogen-bond acceptors (Lipinski definition) is 4. The second kappa shape index (κ2) is 9.18. The van der Waals surface area contributed by atoms with Gasteiger partial charge in [-0.05, 0) is 55.2 Å². The number of anilines is 1. The lowest BCUT2D eigenvalue weighted by Crippen LogP contribution is -2.42. The van der Waals surface area contributed by atoms with Crippen LogP contribution in [0.2, 0.25) is 5.02 Å². The lowest BCUT2D eigenvalue weighted by molar-refractivity contribution is -0.137. The molecule has 2 aliphatic rings. The number of benzene rings is 1. The first-order valence-corrected chi connectivity index (χ1v) is 11.3. The quantitative estimate of drug-likeness (QED) is 0.671. The van der Waals surface area contributed by atoms with E-state index in [1.165, 1.54) is 0 Å². The van der Waals surface area contributed by atoms with Crippen LogP contribution in [-0.2, 0) is 9.59 Å². The first-order valence-electron chi connectivity index (χ1n) is 9.98. The van der Waals surface area contributed by atoms with Crippen molar-refractivity contribution in [3.63, 3.8) is 0 Å². The standard InChI is InChI=1S/C22H24ClN3O2S/c23-18-4-6-19(7-5-18)26-14-17(13-21(26)27)22(28)25-11-8-16(9-12-25)15-29-20-3-1-2-10-24-20/h1-7,10,16-17H,8-9,11-15H2. The minimum absolute atomic E-state index is 0.00678. The number of carbonyl (C=O) groups is 2. The van der Waals surface area contributed by atoms with Crippen LogP contribution in [0.3, 0.4) is 0 Å². The Hall–Kier alpha value is -2.05. The first kappa shape index (κ1) is 20.2. The van der Waals surface area contributed by atoms with Gasteiger partial charge >= 0.3 is 0 Å². The van der Waals surface area contributed by atoms with E-state index in [0.717, 1.165) is 42.4 Å². The molecule has 0 aliphatic carbocycles. The minimum atomic E-state index is -0.252. The average molecular weight is 430 g/mol. The maximum absolute atomic E-state index is 13.0. The number of hydrogen-bond donors (Lipinski definition) is 0. The maximum Gasteiger partial charge on any atom is 0.228 e. The highest BCUT2D eigenvalue weighted by Gasteiger charge is 2.38. The van der Waals surface area contributed by atoms with Crippen LogP contribution in [-0.4, -0.2) is 47.1 Å². The average Bonchev–Trinajstić information content (AvgIpc) is 3.15. The Labute approximate surface area is 180 Å². The molecule has 1 unspecified atom stereocenters. The van der Waals surface area contributed by atoms with Crippen molar-refractivity contribution in [1.82, 2.24) is 9.88 Å². The molecule has 0 N–H and O–H groups in total. The van der Waals surface area contributed by atoms with Crippen LogP contribution in [0, 0.1) is 11.8 Å². The van der Waals surface area contributed by atoms with Crippen LogP contribution in [0.15, 0.2) is 53.7 Å². The van der Waals surface area contributed by atoms with Crippen LogP contribution in [0.5, 0.6) is 0 Å². The summed E-state index contributed by atoms with van der Waals surface area (Å²) in [7, 11) is 0. The van der Waals surface area contributed by atoms with E-state index in [-0.39, 0.29) is 24.2 Å². The van der Waals surface area contributed by atoms with E-state index < -0.39 is 0 Å². The lowest BCUT2D eigenvalue weighted by Gasteiger charge is -2.33. The number of amides is 2. The summed E-state index contributed by atoms with van der Waals surface area (Å²) in [5, 5.41) is 1.69. The predicted molar refractivity (Wildman–Crippen MR) is 116 cm³/mol. The number of thioether (sulfide) groups is 1. The van der Waals surface area contributed by atoms with Gasteiger partial charge in [0.2, 0.25) is 11.8 Å². The highest BCUT2D eigenvalue weighted by molar-refractivity contribution is 7.99. The van der Waals surface area contributed by atoms with Crippen molar-refractivity contribution in [2.45, 2.75) is 24.3 Å². The smallest absolute Gasteiger partial charge is 0.228 e. The SMILES string of the molecule is O=C(C1CC(=O)N(c2ccc(Cl)cc2)C1)N1CCC(CSc2ccccn2)CC1. The fourth-order valence-corrected chi connectivity index (χ4v) is 5.13. The lowest BCUT2D eigenvalue weighted by atomic mass is 9.97. The summed E-state index contributed by atoms with van der Waals surface area (Å²) in [5.74, 6) is 1.50. The molecule has 2 amide bonds. The van der Waals surface area contributed by atoms with Gasteiger partial charge in [-0.15, -0.1) is 11.8 Å². The molecule has 1 atom stereocenters. The Balaban J connectivity index is 1.27. The fourth-order valence-electron chi connectivity index (χ4n) is 3.96. The normalized spacial score (nSPS) is 20.3. The molecule has 0 bridgehead atoms. The van der Waals surface area contributed by atoms with Crippen molar-refractivity contribution >= 4 is 40.9 Å². The summed E-state index contributed by atoms with van der Waals surface area (Å²) >= 11 is 7.72. The van der Waals surface area contributed by atoms with Crippen molar-refractivity contribution in [3.05, 3.63) is 53.7 Å². The van der Waals surface area contributed by atoms with Crippen molar-refractivity contribution in [2.75, 3.05) is 30.3 Å². The Kier molecular flexibility index (Phi) is 6.40. The van der Waals surface area contributed by atoms with Crippen LogP contribution < -0.4 is 4.90 Å². The number of nitrogens with zero attached hydrogens (tertiary/aromatic N) is 3. The van der Waals surface area contributed by atoms with Crippen molar-refractivity contribution < 1.29 is 9.59 Å². The third-order valence-electron chi connectivity index (χ3n) is 5.64. The first-order chi connectivity index (χ1) is 14.1. The molecule has 2 saturated heterocycles. The number of aromatic nitrogens is 1. The van der Waals surface area contributed by atoms with E-state index in [1.54, 1.807) is 28.8 Å². The zero-order valence-electron chi connectivity index (χ0n) is 16.2. The molecule has 29 heavy (non-hydrogen) atoms. The summed E-state index contributed by atoms with van der Waals surface area (Å²) in [6.45, 7) is 2.00. The highest BCUT2D eigenvalue weighted by atomic mass is 35.5. The molecule has 7 heteroatoms. The topological polar surface area (TPSA) is 53.5 Å². The zero-order valence-corrected chi connectivity index (χ0v) is 17.7. The summed E-state index contributed by atoms with van der Waals surface area (Å²) in [4.78, 5) is 33.4. The molecule has 152 valence electrons. The molecule has 4 rings (SSSR count). The van der Waals surface area contributed by atoms with Gasteiger partial charge in [-0.2, -0.15) is 0 Å². The van der Waals surface area contributed by atoms with Gasteiger partial charge in [-0.1, -0.05) is 17.7 Å². The molecule has 0 spiro atoms. The Morgan fingerprint density at radius 1 is 1.14 bits per heavy atom. The monoisotopic (exact) mass is 429 g/mol. The van der Waals surface area contributed by atoms with Crippen LogP contribution in [0.25, 0.3) is 0 Å². The molecule has 2 fully saturated rings. The molecule has 2 aliphatic heterocycles. The second-order valence-corrected chi connectivity index (χ2v) is 9.11. The van der Waals surface area contributed by atoms with Gasteiger partial charge in [0.05, 0.1) is 10.9 Å². The molecular formula is C22H24ClN3O2S. The summed E-state index contributed by atoms with van der Waals surface area (Å²) in [5.41, 5.74) is 0.806. The second-order valence-electron chi connectivity index (χ2n) is 7.63. The number of piperidine rings is 1. The highest BCUT2D eigenvalue weighted by Crippen LogP contribution is 2.30. The minimum Gasteiger partial charge on any atom is -0.342 e. The van der Waals surface area contributed by atoms with Gasteiger partial charge in [0.25, 0.3) is 0 Å². The zero-order chi connectivity index (χ0) is 20.2. The third-order valence-corrected chi connectivity index (χ3v) is 7.07. The Morgan fingerprint density at radius 3 is 2.59 bits per heavy atom. The fraction of sp³-hybridized carbons (Fsp3) is 0.409. The molecule has 0 radical (unpaired) electrons. The molecule has 2 aromatic rings. The number of rotatable bonds is 5. The van der Waals surface area contributed by atoms with Gasteiger partial charge in [-0.3, -0.25) is 9.59 Å². The van der Waals surface area contributed by atoms with Gasteiger partial charge in [0.15, 0.2) is 0 Å². The van der Waals surface area contributed by atoms with Crippen LogP contribution >= 0.6 is 23.4 Å². The van der Waals surface area contributed by atoms with E-state index in [0.29, 0.717) is 17.5 Å². The Morgan fingerprint density at radius 2 is 1.90 bits per heavy atom.